The summed E-state index contributed by atoms with van der Waals surface area (Å²) in [5.74, 6) is 6.67. The van der Waals surface area contributed by atoms with Crippen molar-refractivity contribution in [2.24, 2.45) is 5.92 Å². The second-order valence-electron chi connectivity index (χ2n) is 5.87. The number of nitrogens with zero attached hydrogens (tertiary/aromatic N) is 3. The molecule has 4 nitrogen and oxygen atoms in total. The molecule has 2 atom stereocenters. The lowest BCUT2D eigenvalue weighted by Gasteiger charge is -2.28. The number of likely N-dealkylation sites (tertiary alicyclic amines) is 2. The van der Waals surface area contributed by atoms with E-state index in [0.29, 0.717) is 0 Å². The molecule has 2 fully saturated rings. The largest absolute Gasteiger partial charge is 0.332 e. The number of piperidine rings is 1. The SMILES string of the molecule is CN1C(=O)C(CN2CCCCC2)CC1C#Cc1nccs1. The van der Waals surface area contributed by atoms with E-state index in [0.717, 1.165) is 31.1 Å². The highest BCUT2D eigenvalue weighted by atomic mass is 32.1. The number of amides is 1. The van der Waals surface area contributed by atoms with Crippen LogP contribution in [0.4, 0.5) is 0 Å². The Balaban J connectivity index is 1.61. The van der Waals surface area contributed by atoms with E-state index in [2.05, 4.69) is 21.7 Å². The summed E-state index contributed by atoms with van der Waals surface area (Å²) < 4.78 is 0. The van der Waals surface area contributed by atoms with Gasteiger partial charge in [-0.05, 0) is 38.3 Å². The van der Waals surface area contributed by atoms with Crippen LogP contribution in [0.5, 0.6) is 0 Å². The zero-order valence-electron chi connectivity index (χ0n) is 12.4. The first kappa shape index (κ1) is 14.6. The normalized spacial score (nSPS) is 26.7. The summed E-state index contributed by atoms with van der Waals surface area (Å²) in [6, 6.07) is 0.0381. The van der Waals surface area contributed by atoms with Crippen LogP contribution in [-0.2, 0) is 4.79 Å². The Morgan fingerprint density at radius 1 is 1.38 bits per heavy atom. The minimum atomic E-state index is 0.0381. The first-order valence-electron chi connectivity index (χ1n) is 7.64. The van der Waals surface area contributed by atoms with Crippen LogP contribution in [0.25, 0.3) is 0 Å². The highest BCUT2D eigenvalue weighted by Crippen LogP contribution is 2.25. The molecule has 0 aromatic carbocycles. The molecule has 2 aliphatic heterocycles. The molecular weight excluding hydrogens is 282 g/mol. The Labute approximate surface area is 130 Å². The summed E-state index contributed by atoms with van der Waals surface area (Å²) in [4.78, 5) is 20.8. The fourth-order valence-corrected chi connectivity index (χ4v) is 3.65. The lowest BCUT2D eigenvalue weighted by atomic mass is 10.0. The minimum Gasteiger partial charge on any atom is -0.332 e. The third-order valence-electron chi connectivity index (χ3n) is 4.38. The fraction of sp³-hybridized carbons (Fsp3) is 0.625. The standard InChI is InChI=1S/C16H21N3OS/c1-18-14(5-6-15-17-7-10-21-15)11-13(16(18)20)12-19-8-3-2-4-9-19/h7,10,13-14H,2-4,8-9,11-12H2,1H3. The van der Waals surface area contributed by atoms with Crippen molar-refractivity contribution >= 4 is 17.2 Å². The van der Waals surface area contributed by atoms with Crippen LogP contribution in [-0.4, -0.2) is 53.4 Å². The molecule has 0 saturated carbocycles. The molecule has 2 aliphatic rings. The second-order valence-corrected chi connectivity index (χ2v) is 6.76. The summed E-state index contributed by atoms with van der Waals surface area (Å²) in [6.45, 7) is 3.19. The molecule has 1 aromatic heterocycles. The lowest BCUT2D eigenvalue weighted by Crippen LogP contribution is -2.37. The molecule has 0 radical (unpaired) electrons. The predicted molar refractivity (Wildman–Crippen MR) is 83.9 cm³/mol. The first-order chi connectivity index (χ1) is 10.2. The first-order valence-corrected chi connectivity index (χ1v) is 8.52. The van der Waals surface area contributed by atoms with Gasteiger partial charge >= 0.3 is 0 Å². The van der Waals surface area contributed by atoms with Crippen LogP contribution in [0.1, 0.15) is 30.7 Å². The Bertz CT molecular complexity index is 540. The molecule has 2 unspecified atom stereocenters. The van der Waals surface area contributed by atoms with Crippen molar-refractivity contribution < 1.29 is 4.79 Å². The topological polar surface area (TPSA) is 36.4 Å². The van der Waals surface area contributed by atoms with Crippen molar-refractivity contribution in [3.63, 3.8) is 0 Å². The predicted octanol–water partition coefficient (Wildman–Crippen LogP) is 1.83. The van der Waals surface area contributed by atoms with Crippen LogP contribution < -0.4 is 0 Å². The average molecular weight is 303 g/mol. The van der Waals surface area contributed by atoms with Crippen molar-refractivity contribution in [2.75, 3.05) is 26.7 Å². The molecular formula is C16H21N3OS. The molecule has 0 bridgehead atoms. The molecule has 2 saturated heterocycles. The van der Waals surface area contributed by atoms with E-state index in [-0.39, 0.29) is 17.9 Å². The van der Waals surface area contributed by atoms with Gasteiger partial charge < -0.3 is 9.80 Å². The van der Waals surface area contributed by atoms with Gasteiger partial charge in [0.05, 0.1) is 12.0 Å². The van der Waals surface area contributed by atoms with E-state index in [1.54, 1.807) is 17.5 Å². The van der Waals surface area contributed by atoms with E-state index in [4.69, 9.17) is 0 Å². The quantitative estimate of drug-likeness (QED) is 0.782. The van der Waals surface area contributed by atoms with Gasteiger partial charge in [0, 0.05) is 25.2 Å². The number of hydrogen-bond acceptors (Lipinski definition) is 4. The van der Waals surface area contributed by atoms with Gasteiger partial charge in [-0.25, -0.2) is 4.98 Å². The lowest BCUT2D eigenvalue weighted by molar-refractivity contribution is -0.130. The van der Waals surface area contributed by atoms with Gasteiger partial charge in [-0.2, -0.15) is 0 Å². The van der Waals surface area contributed by atoms with E-state index in [1.165, 1.54) is 19.3 Å². The van der Waals surface area contributed by atoms with E-state index >= 15 is 0 Å². The fourth-order valence-electron chi connectivity index (χ4n) is 3.16. The van der Waals surface area contributed by atoms with Crippen molar-refractivity contribution in [3.05, 3.63) is 16.6 Å². The monoisotopic (exact) mass is 303 g/mol. The number of thiazole rings is 1. The Kier molecular flexibility index (Phi) is 4.57. The molecule has 0 N–H and O–H groups in total. The molecule has 21 heavy (non-hydrogen) atoms. The van der Waals surface area contributed by atoms with Crippen LogP contribution in [0, 0.1) is 17.8 Å². The molecule has 1 aromatic rings. The van der Waals surface area contributed by atoms with Crippen LogP contribution in [0.15, 0.2) is 11.6 Å². The van der Waals surface area contributed by atoms with Crippen LogP contribution in [0.2, 0.25) is 0 Å². The zero-order valence-corrected chi connectivity index (χ0v) is 13.2. The highest BCUT2D eigenvalue weighted by molar-refractivity contribution is 7.10. The van der Waals surface area contributed by atoms with Gasteiger partial charge in [0.25, 0.3) is 0 Å². The Morgan fingerprint density at radius 3 is 2.90 bits per heavy atom. The molecule has 3 heterocycles. The van der Waals surface area contributed by atoms with E-state index < -0.39 is 0 Å². The van der Waals surface area contributed by atoms with Gasteiger partial charge in [0.1, 0.15) is 0 Å². The van der Waals surface area contributed by atoms with Crippen LogP contribution in [0.3, 0.4) is 0 Å². The van der Waals surface area contributed by atoms with Gasteiger partial charge in [0.15, 0.2) is 5.01 Å². The number of aromatic nitrogens is 1. The maximum Gasteiger partial charge on any atom is 0.227 e. The van der Waals surface area contributed by atoms with Gasteiger partial charge in [0.2, 0.25) is 5.91 Å². The average Bonchev–Trinajstić information content (AvgIpc) is 3.11. The third kappa shape index (κ3) is 3.45. The summed E-state index contributed by atoms with van der Waals surface area (Å²) >= 11 is 1.54. The molecule has 0 spiro atoms. The summed E-state index contributed by atoms with van der Waals surface area (Å²) in [7, 11) is 1.87. The van der Waals surface area contributed by atoms with Gasteiger partial charge in [-0.1, -0.05) is 12.3 Å². The van der Waals surface area contributed by atoms with Crippen molar-refractivity contribution in [1.82, 2.24) is 14.8 Å². The number of hydrogen-bond donors (Lipinski definition) is 0. The smallest absolute Gasteiger partial charge is 0.227 e. The number of carbonyl (C=O) groups is 1. The van der Waals surface area contributed by atoms with Crippen molar-refractivity contribution in [1.29, 1.82) is 0 Å². The van der Waals surface area contributed by atoms with Crippen molar-refractivity contribution in [3.8, 4) is 11.8 Å². The van der Waals surface area contributed by atoms with Gasteiger partial charge in [-0.15, -0.1) is 11.3 Å². The minimum absolute atomic E-state index is 0.0381. The molecule has 3 rings (SSSR count). The summed E-state index contributed by atoms with van der Waals surface area (Å²) in [6.07, 6.45) is 6.48. The van der Waals surface area contributed by atoms with E-state index in [1.807, 2.05) is 17.3 Å². The highest BCUT2D eigenvalue weighted by Gasteiger charge is 2.37. The Morgan fingerprint density at radius 2 is 2.19 bits per heavy atom. The summed E-state index contributed by atoms with van der Waals surface area (Å²) in [5, 5.41) is 2.75. The maximum atomic E-state index is 12.4. The molecule has 1 amide bonds. The van der Waals surface area contributed by atoms with E-state index in [9.17, 15) is 4.79 Å². The molecule has 5 heteroatoms. The summed E-state index contributed by atoms with van der Waals surface area (Å²) in [5.41, 5.74) is 0. The van der Waals surface area contributed by atoms with Crippen LogP contribution >= 0.6 is 11.3 Å². The van der Waals surface area contributed by atoms with Gasteiger partial charge in [-0.3, -0.25) is 4.79 Å². The Hall–Kier alpha value is -1.38. The molecule has 0 aliphatic carbocycles. The molecule has 112 valence electrons. The maximum absolute atomic E-state index is 12.4. The van der Waals surface area contributed by atoms with Crippen molar-refractivity contribution in [2.45, 2.75) is 31.7 Å². The zero-order chi connectivity index (χ0) is 14.7. The number of rotatable bonds is 2. The number of carbonyl (C=O) groups excluding carboxylic acids is 1. The second kappa shape index (κ2) is 6.59. The third-order valence-corrected chi connectivity index (χ3v) is 5.07.